The predicted octanol–water partition coefficient (Wildman–Crippen LogP) is 3.17. The molecule has 2 aromatic carbocycles. The lowest BCUT2D eigenvalue weighted by atomic mass is 10.1. The minimum atomic E-state index is -0.575. The molecular formula is C20H23F3N2O. The molecule has 6 heteroatoms. The molecule has 3 rings (SSSR count). The molecule has 1 atom stereocenters. The van der Waals surface area contributed by atoms with E-state index in [0.717, 1.165) is 24.7 Å². The van der Waals surface area contributed by atoms with E-state index < -0.39 is 11.6 Å². The molecule has 1 aliphatic heterocycles. The van der Waals surface area contributed by atoms with Crippen LogP contribution in [0.1, 0.15) is 17.5 Å². The van der Waals surface area contributed by atoms with Crippen molar-refractivity contribution in [2.75, 3.05) is 26.2 Å². The molecule has 1 heterocycles. The van der Waals surface area contributed by atoms with Crippen LogP contribution in [0.2, 0.25) is 0 Å². The summed E-state index contributed by atoms with van der Waals surface area (Å²) < 4.78 is 40.0. The number of benzene rings is 2. The maximum Gasteiger partial charge on any atom is 0.130 e. The quantitative estimate of drug-likeness (QED) is 0.853. The smallest absolute Gasteiger partial charge is 0.130 e. The molecule has 0 radical (unpaired) electrons. The average molecular weight is 364 g/mol. The fourth-order valence-electron chi connectivity index (χ4n) is 3.45. The van der Waals surface area contributed by atoms with Gasteiger partial charge in [0.05, 0.1) is 0 Å². The summed E-state index contributed by atoms with van der Waals surface area (Å²) in [5, 5.41) is 9.39. The minimum absolute atomic E-state index is 0.0728. The maximum atomic E-state index is 13.9. The Labute approximate surface area is 151 Å². The molecule has 0 amide bonds. The molecule has 2 aromatic rings. The van der Waals surface area contributed by atoms with Crippen molar-refractivity contribution in [1.29, 1.82) is 0 Å². The van der Waals surface area contributed by atoms with Gasteiger partial charge < -0.3 is 5.11 Å². The third-order valence-electron chi connectivity index (χ3n) is 4.86. The van der Waals surface area contributed by atoms with Gasteiger partial charge in [-0.2, -0.15) is 0 Å². The zero-order valence-electron chi connectivity index (χ0n) is 14.5. The second-order valence-corrected chi connectivity index (χ2v) is 6.73. The standard InChI is InChI=1S/C20H23F3N2O/c21-17-4-1-15(2-5-17)12-25-9-8-24(14-19(25)7-10-26)13-16-3-6-18(22)11-20(16)23/h1-6,11,19,26H,7-10,12-14H2. The van der Waals surface area contributed by atoms with E-state index in [1.807, 2.05) is 0 Å². The Morgan fingerprint density at radius 2 is 1.65 bits per heavy atom. The van der Waals surface area contributed by atoms with Crippen LogP contribution in [0.5, 0.6) is 0 Å². The molecule has 0 spiro atoms. The van der Waals surface area contributed by atoms with Gasteiger partial charge in [0.2, 0.25) is 0 Å². The lowest BCUT2D eigenvalue weighted by Gasteiger charge is -2.41. The van der Waals surface area contributed by atoms with E-state index in [9.17, 15) is 18.3 Å². The zero-order chi connectivity index (χ0) is 18.5. The van der Waals surface area contributed by atoms with Gasteiger partial charge in [-0.15, -0.1) is 0 Å². The van der Waals surface area contributed by atoms with Gasteiger partial charge in [-0.05, 0) is 30.2 Å². The Morgan fingerprint density at radius 3 is 2.35 bits per heavy atom. The first-order valence-corrected chi connectivity index (χ1v) is 8.81. The van der Waals surface area contributed by atoms with E-state index in [1.165, 1.54) is 24.3 Å². The first-order chi connectivity index (χ1) is 12.5. The van der Waals surface area contributed by atoms with Gasteiger partial charge in [-0.25, -0.2) is 13.2 Å². The van der Waals surface area contributed by atoms with E-state index in [0.29, 0.717) is 31.6 Å². The van der Waals surface area contributed by atoms with Crippen LogP contribution in [-0.4, -0.2) is 47.2 Å². The highest BCUT2D eigenvalue weighted by molar-refractivity contribution is 5.19. The van der Waals surface area contributed by atoms with Gasteiger partial charge in [0, 0.05) is 57.0 Å². The van der Waals surface area contributed by atoms with E-state index >= 15 is 0 Å². The second-order valence-electron chi connectivity index (χ2n) is 6.73. The number of aliphatic hydroxyl groups excluding tert-OH is 1. The van der Waals surface area contributed by atoms with Crippen LogP contribution >= 0.6 is 0 Å². The predicted molar refractivity (Wildman–Crippen MR) is 93.9 cm³/mol. The fraction of sp³-hybridized carbons (Fsp3) is 0.400. The molecular weight excluding hydrogens is 341 g/mol. The molecule has 140 valence electrons. The topological polar surface area (TPSA) is 26.7 Å². The summed E-state index contributed by atoms with van der Waals surface area (Å²) in [6.45, 7) is 3.38. The summed E-state index contributed by atoms with van der Waals surface area (Å²) in [6.07, 6.45) is 0.615. The maximum absolute atomic E-state index is 13.9. The molecule has 1 unspecified atom stereocenters. The second kappa shape index (κ2) is 8.66. The Balaban J connectivity index is 1.64. The molecule has 0 bridgehead atoms. The number of rotatable bonds is 6. The van der Waals surface area contributed by atoms with Gasteiger partial charge in [0.25, 0.3) is 0 Å². The van der Waals surface area contributed by atoms with Crippen LogP contribution in [0.3, 0.4) is 0 Å². The molecule has 0 aliphatic carbocycles. The molecule has 0 aromatic heterocycles. The van der Waals surface area contributed by atoms with E-state index in [1.54, 1.807) is 12.1 Å². The Hall–Kier alpha value is -1.89. The van der Waals surface area contributed by atoms with Gasteiger partial charge in [0.1, 0.15) is 17.5 Å². The minimum Gasteiger partial charge on any atom is -0.396 e. The molecule has 3 nitrogen and oxygen atoms in total. The van der Waals surface area contributed by atoms with E-state index in [2.05, 4.69) is 9.80 Å². The summed E-state index contributed by atoms with van der Waals surface area (Å²) in [5.41, 5.74) is 1.49. The number of hydrogen-bond acceptors (Lipinski definition) is 3. The van der Waals surface area contributed by atoms with Gasteiger partial charge in [0.15, 0.2) is 0 Å². The highest BCUT2D eigenvalue weighted by atomic mass is 19.1. The zero-order valence-corrected chi connectivity index (χ0v) is 14.5. The number of aliphatic hydroxyl groups is 1. The summed E-state index contributed by atoms with van der Waals surface area (Å²) >= 11 is 0. The molecule has 1 N–H and O–H groups in total. The van der Waals surface area contributed by atoms with Crippen molar-refractivity contribution in [2.24, 2.45) is 0 Å². The molecule has 1 saturated heterocycles. The highest BCUT2D eigenvalue weighted by Gasteiger charge is 2.27. The van der Waals surface area contributed by atoms with E-state index in [-0.39, 0.29) is 18.5 Å². The Bertz CT molecular complexity index is 723. The van der Waals surface area contributed by atoms with E-state index in [4.69, 9.17) is 0 Å². The lowest BCUT2D eigenvalue weighted by Crippen LogP contribution is -2.52. The first-order valence-electron chi connectivity index (χ1n) is 8.81. The third-order valence-corrected chi connectivity index (χ3v) is 4.86. The summed E-state index contributed by atoms with van der Waals surface area (Å²) in [4.78, 5) is 4.39. The van der Waals surface area contributed by atoms with Crippen molar-refractivity contribution in [1.82, 2.24) is 9.80 Å². The summed E-state index contributed by atoms with van der Waals surface area (Å²) in [5.74, 6) is -1.36. The van der Waals surface area contributed by atoms with Crippen LogP contribution in [0, 0.1) is 17.5 Å². The SMILES string of the molecule is OCCC1CN(Cc2ccc(F)cc2F)CCN1Cc1ccc(F)cc1. The van der Waals surface area contributed by atoms with Crippen molar-refractivity contribution < 1.29 is 18.3 Å². The van der Waals surface area contributed by atoms with Crippen molar-refractivity contribution in [3.05, 3.63) is 71.0 Å². The molecule has 1 fully saturated rings. The number of halogens is 3. The van der Waals surface area contributed by atoms with Crippen molar-refractivity contribution >= 4 is 0 Å². The van der Waals surface area contributed by atoms with Gasteiger partial charge in [-0.3, -0.25) is 9.80 Å². The monoisotopic (exact) mass is 364 g/mol. The molecule has 26 heavy (non-hydrogen) atoms. The van der Waals surface area contributed by atoms with Crippen molar-refractivity contribution in [2.45, 2.75) is 25.6 Å². The van der Waals surface area contributed by atoms with Crippen LogP contribution in [0.25, 0.3) is 0 Å². The fourth-order valence-corrected chi connectivity index (χ4v) is 3.45. The lowest BCUT2D eigenvalue weighted by molar-refractivity contribution is 0.0494. The first kappa shape index (κ1) is 18.9. The largest absolute Gasteiger partial charge is 0.396 e. The van der Waals surface area contributed by atoms with Crippen molar-refractivity contribution in [3.63, 3.8) is 0 Å². The number of nitrogens with zero attached hydrogens (tertiary/aromatic N) is 2. The van der Waals surface area contributed by atoms with Crippen LogP contribution in [0.15, 0.2) is 42.5 Å². The average Bonchev–Trinajstić information content (AvgIpc) is 2.62. The summed E-state index contributed by atoms with van der Waals surface area (Å²) in [7, 11) is 0. The Kier molecular flexibility index (Phi) is 6.29. The van der Waals surface area contributed by atoms with Crippen LogP contribution in [0.4, 0.5) is 13.2 Å². The van der Waals surface area contributed by atoms with Crippen LogP contribution < -0.4 is 0 Å². The number of hydrogen-bond donors (Lipinski definition) is 1. The highest BCUT2D eigenvalue weighted by Crippen LogP contribution is 2.20. The van der Waals surface area contributed by atoms with Crippen LogP contribution in [-0.2, 0) is 13.1 Å². The third kappa shape index (κ3) is 4.84. The Morgan fingerprint density at radius 1 is 0.923 bits per heavy atom. The van der Waals surface area contributed by atoms with Gasteiger partial charge >= 0.3 is 0 Å². The summed E-state index contributed by atoms with van der Waals surface area (Å²) in [6, 6.07) is 10.2. The van der Waals surface area contributed by atoms with Crippen molar-refractivity contribution in [3.8, 4) is 0 Å². The molecule has 1 aliphatic rings. The number of piperazine rings is 1. The molecule has 0 saturated carbocycles. The van der Waals surface area contributed by atoms with Gasteiger partial charge in [-0.1, -0.05) is 18.2 Å². The normalized spacial score (nSPS) is 19.0.